The van der Waals surface area contributed by atoms with E-state index in [1.165, 1.54) is 11.8 Å². The number of carbonyl (C=O) groups excluding carboxylic acids is 1. The second kappa shape index (κ2) is 7.56. The second-order valence-corrected chi connectivity index (χ2v) is 5.49. The van der Waals surface area contributed by atoms with Crippen LogP contribution < -0.4 is 20.5 Å². The first-order valence-electron chi connectivity index (χ1n) is 7.88. The summed E-state index contributed by atoms with van der Waals surface area (Å²) in [7, 11) is 3.06. The van der Waals surface area contributed by atoms with Gasteiger partial charge in [-0.25, -0.2) is 4.68 Å². The van der Waals surface area contributed by atoms with E-state index < -0.39 is 5.91 Å². The van der Waals surface area contributed by atoms with Crippen molar-refractivity contribution in [2.45, 2.75) is 6.54 Å². The van der Waals surface area contributed by atoms with Crippen molar-refractivity contribution >= 4 is 17.4 Å². The average Bonchev–Trinajstić information content (AvgIpc) is 3.03. The molecule has 8 nitrogen and oxygen atoms in total. The lowest BCUT2D eigenvalue weighted by Crippen LogP contribution is -2.16. The summed E-state index contributed by atoms with van der Waals surface area (Å²) in [5.41, 5.74) is 7.59. The van der Waals surface area contributed by atoms with Crippen molar-refractivity contribution in [1.29, 1.82) is 0 Å². The van der Waals surface area contributed by atoms with Crippen LogP contribution in [0.25, 0.3) is 0 Å². The Morgan fingerprint density at radius 2 is 1.92 bits per heavy atom. The lowest BCUT2D eigenvalue weighted by Gasteiger charge is -2.11. The fraction of sp³-hybridized carbons (Fsp3) is 0.167. The van der Waals surface area contributed by atoms with Crippen LogP contribution in [-0.4, -0.2) is 35.1 Å². The molecule has 1 heterocycles. The maximum absolute atomic E-state index is 12.5. The third kappa shape index (κ3) is 3.59. The Kier molecular flexibility index (Phi) is 5.02. The fourth-order valence-electron chi connectivity index (χ4n) is 2.44. The predicted octanol–water partition coefficient (Wildman–Crippen LogP) is 2.18. The summed E-state index contributed by atoms with van der Waals surface area (Å²) < 4.78 is 11.9. The van der Waals surface area contributed by atoms with Gasteiger partial charge in [0, 0.05) is 6.07 Å². The number of benzene rings is 2. The molecule has 0 spiro atoms. The quantitative estimate of drug-likeness (QED) is 0.704. The lowest BCUT2D eigenvalue weighted by atomic mass is 10.2. The summed E-state index contributed by atoms with van der Waals surface area (Å²) in [6.45, 7) is 0.429. The minimum atomic E-state index is -0.467. The molecule has 8 heteroatoms. The highest BCUT2D eigenvalue weighted by atomic mass is 16.5. The van der Waals surface area contributed by atoms with Gasteiger partial charge in [0.2, 0.25) is 0 Å². The molecular formula is C18H19N5O3. The van der Waals surface area contributed by atoms with Crippen molar-refractivity contribution in [2.24, 2.45) is 0 Å². The summed E-state index contributed by atoms with van der Waals surface area (Å²) in [6, 6.07) is 14.7. The molecule has 0 aliphatic heterocycles. The molecule has 0 bridgehead atoms. The van der Waals surface area contributed by atoms with E-state index in [1.54, 1.807) is 25.3 Å². The van der Waals surface area contributed by atoms with Crippen LogP contribution in [0.1, 0.15) is 16.1 Å². The van der Waals surface area contributed by atoms with E-state index in [0.29, 0.717) is 23.7 Å². The number of methoxy groups -OCH3 is 2. The summed E-state index contributed by atoms with van der Waals surface area (Å²) in [5, 5.41) is 10.6. The van der Waals surface area contributed by atoms with Crippen LogP contribution in [0, 0.1) is 0 Å². The first-order valence-corrected chi connectivity index (χ1v) is 7.88. The van der Waals surface area contributed by atoms with E-state index in [2.05, 4.69) is 15.6 Å². The first kappa shape index (κ1) is 17.3. The number of carbonyl (C=O) groups is 1. The molecule has 0 aliphatic rings. The van der Waals surface area contributed by atoms with E-state index in [-0.39, 0.29) is 11.5 Å². The zero-order chi connectivity index (χ0) is 18.5. The van der Waals surface area contributed by atoms with Crippen LogP contribution in [0.3, 0.4) is 0 Å². The van der Waals surface area contributed by atoms with Gasteiger partial charge in [-0.15, -0.1) is 5.10 Å². The van der Waals surface area contributed by atoms with Crippen molar-refractivity contribution in [3.63, 3.8) is 0 Å². The lowest BCUT2D eigenvalue weighted by molar-refractivity contribution is 0.102. The molecule has 3 N–H and O–H groups in total. The maximum Gasteiger partial charge on any atom is 0.280 e. The van der Waals surface area contributed by atoms with Crippen molar-refractivity contribution in [3.8, 4) is 11.5 Å². The molecule has 0 aliphatic carbocycles. The maximum atomic E-state index is 12.5. The van der Waals surface area contributed by atoms with Gasteiger partial charge in [-0.1, -0.05) is 35.5 Å². The molecule has 3 rings (SSSR count). The molecule has 2 aromatic carbocycles. The zero-order valence-electron chi connectivity index (χ0n) is 14.5. The number of hydrogen-bond acceptors (Lipinski definition) is 6. The molecule has 26 heavy (non-hydrogen) atoms. The van der Waals surface area contributed by atoms with Crippen LogP contribution in [0.15, 0.2) is 48.5 Å². The third-order valence-corrected chi connectivity index (χ3v) is 3.82. The van der Waals surface area contributed by atoms with Gasteiger partial charge in [0.15, 0.2) is 11.5 Å². The van der Waals surface area contributed by atoms with Crippen molar-refractivity contribution in [1.82, 2.24) is 15.0 Å². The molecule has 3 aromatic rings. The topological polar surface area (TPSA) is 104 Å². The number of hydrogen-bond donors (Lipinski definition) is 2. The van der Waals surface area contributed by atoms with Crippen LogP contribution in [0.5, 0.6) is 11.5 Å². The molecule has 1 aromatic heterocycles. The highest BCUT2D eigenvalue weighted by Gasteiger charge is 2.19. The highest BCUT2D eigenvalue weighted by molar-refractivity contribution is 6.06. The van der Waals surface area contributed by atoms with Gasteiger partial charge in [0.05, 0.1) is 26.5 Å². The van der Waals surface area contributed by atoms with Crippen molar-refractivity contribution in [2.75, 3.05) is 25.3 Å². The van der Waals surface area contributed by atoms with Gasteiger partial charge in [0.1, 0.15) is 11.5 Å². The number of rotatable bonds is 6. The molecule has 0 fully saturated rings. The highest BCUT2D eigenvalue weighted by Crippen LogP contribution is 2.29. The van der Waals surface area contributed by atoms with Gasteiger partial charge < -0.3 is 20.5 Å². The van der Waals surface area contributed by atoms with Crippen LogP contribution in [-0.2, 0) is 6.54 Å². The monoisotopic (exact) mass is 353 g/mol. The van der Waals surface area contributed by atoms with Gasteiger partial charge in [0.25, 0.3) is 5.91 Å². The predicted molar refractivity (Wildman–Crippen MR) is 97.5 cm³/mol. The molecule has 0 atom stereocenters. The summed E-state index contributed by atoms with van der Waals surface area (Å²) in [6.07, 6.45) is 0. The standard InChI is InChI=1S/C18H19N5O3/c1-25-13-8-9-14(15(10-13)26-2)20-18(24)16-17(19)23(22-21-16)11-12-6-4-3-5-7-12/h3-10H,11,19H2,1-2H3,(H,20,24). The van der Waals surface area contributed by atoms with Gasteiger partial charge in [-0.05, 0) is 17.7 Å². The molecular weight excluding hydrogens is 334 g/mol. The average molecular weight is 353 g/mol. The fourth-order valence-corrected chi connectivity index (χ4v) is 2.44. The normalized spacial score (nSPS) is 10.4. The Morgan fingerprint density at radius 3 is 2.62 bits per heavy atom. The smallest absolute Gasteiger partial charge is 0.280 e. The third-order valence-electron chi connectivity index (χ3n) is 3.82. The Morgan fingerprint density at radius 1 is 1.15 bits per heavy atom. The van der Waals surface area contributed by atoms with E-state index in [1.807, 2.05) is 30.3 Å². The second-order valence-electron chi connectivity index (χ2n) is 5.49. The number of nitrogens with two attached hydrogens (primary N) is 1. The number of nitrogens with one attached hydrogen (secondary N) is 1. The number of ether oxygens (including phenoxy) is 2. The van der Waals surface area contributed by atoms with Gasteiger partial charge >= 0.3 is 0 Å². The Labute approximate surface area is 150 Å². The molecule has 0 saturated heterocycles. The summed E-state index contributed by atoms with van der Waals surface area (Å²) >= 11 is 0. The molecule has 0 unspecified atom stereocenters. The van der Waals surface area contributed by atoms with E-state index in [4.69, 9.17) is 15.2 Å². The van der Waals surface area contributed by atoms with E-state index in [0.717, 1.165) is 5.56 Å². The SMILES string of the molecule is COc1ccc(NC(=O)c2nnn(Cc3ccccc3)c2N)c(OC)c1. The van der Waals surface area contributed by atoms with E-state index in [9.17, 15) is 4.79 Å². The largest absolute Gasteiger partial charge is 0.497 e. The van der Waals surface area contributed by atoms with Gasteiger partial charge in [-0.3, -0.25) is 4.79 Å². The number of aromatic nitrogens is 3. The van der Waals surface area contributed by atoms with Crippen LogP contribution >= 0.6 is 0 Å². The first-order chi connectivity index (χ1) is 12.6. The van der Waals surface area contributed by atoms with Crippen LogP contribution in [0.2, 0.25) is 0 Å². The minimum absolute atomic E-state index is 0.0544. The number of nitrogen functional groups attached to an aromatic ring is 1. The number of anilines is 2. The molecule has 0 saturated carbocycles. The van der Waals surface area contributed by atoms with Crippen LogP contribution in [0.4, 0.5) is 11.5 Å². The Balaban J connectivity index is 1.79. The summed E-state index contributed by atoms with van der Waals surface area (Å²) in [4.78, 5) is 12.5. The van der Waals surface area contributed by atoms with Crippen molar-refractivity contribution < 1.29 is 14.3 Å². The molecule has 0 radical (unpaired) electrons. The molecule has 134 valence electrons. The zero-order valence-corrected chi connectivity index (χ0v) is 14.5. The van der Waals surface area contributed by atoms with Crippen molar-refractivity contribution in [3.05, 3.63) is 59.8 Å². The molecule has 1 amide bonds. The Bertz CT molecular complexity index is 908. The van der Waals surface area contributed by atoms with Gasteiger partial charge in [-0.2, -0.15) is 0 Å². The number of nitrogens with zero attached hydrogens (tertiary/aromatic N) is 3. The van der Waals surface area contributed by atoms with E-state index >= 15 is 0 Å². The summed E-state index contributed by atoms with van der Waals surface area (Å²) in [5.74, 6) is 0.810. The Hall–Kier alpha value is -3.55. The number of amides is 1. The minimum Gasteiger partial charge on any atom is -0.497 e.